The highest BCUT2D eigenvalue weighted by Crippen LogP contribution is 2.27. The van der Waals surface area contributed by atoms with Gasteiger partial charge in [0.25, 0.3) is 0 Å². The van der Waals surface area contributed by atoms with Crippen LogP contribution in [0.5, 0.6) is 11.5 Å². The second kappa shape index (κ2) is 9.68. The van der Waals surface area contributed by atoms with E-state index in [0.717, 1.165) is 34.3 Å². The molecule has 0 saturated heterocycles. The number of hydrogen-bond donors (Lipinski definition) is 1. The Kier molecular flexibility index (Phi) is 7.58. The summed E-state index contributed by atoms with van der Waals surface area (Å²) in [6.07, 6.45) is 0.515. The van der Waals surface area contributed by atoms with Crippen molar-refractivity contribution in [3.8, 4) is 11.5 Å². The van der Waals surface area contributed by atoms with Gasteiger partial charge in [-0.1, -0.05) is 13.8 Å². The van der Waals surface area contributed by atoms with Gasteiger partial charge in [-0.15, -0.1) is 11.3 Å². The molecule has 2 aromatic rings. The van der Waals surface area contributed by atoms with Crippen LogP contribution in [0.15, 0.2) is 23.6 Å². The zero-order valence-corrected chi connectivity index (χ0v) is 16.6. The molecule has 0 aliphatic carbocycles. The molecule has 0 atom stereocenters. The van der Waals surface area contributed by atoms with Gasteiger partial charge in [0.05, 0.1) is 19.9 Å². The minimum Gasteiger partial charge on any atom is -0.497 e. The van der Waals surface area contributed by atoms with Gasteiger partial charge in [-0.25, -0.2) is 4.98 Å². The van der Waals surface area contributed by atoms with E-state index in [1.54, 1.807) is 26.0 Å². The molecule has 2 rings (SSSR count). The summed E-state index contributed by atoms with van der Waals surface area (Å²) in [5.41, 5.74) is 2.12. The van der Waals surface area contributed by atoms with Crippen LogP contribution in [0.25, 0.3) is 0 Å². The van der Waals surface area contributed by atoms with Gasteiger partial charge in [-0.2, -0.15) is 11.8 Å². The molecule has 136 valence electrons. The lowest BCUT2D eigenvalue weighted by Gasteiger charge is -2.08. The summed E-state index contributed by atoms with van der Waals surface area (Å²) in [5.74, 6) is 3.57. The van der Waals surface area contributed by atoms with Crippen LogP contribution in [0.3, 0.4) is 0 Å². The van der Waals surface area contributed by atoms with E-state index >= 15 is 0 Å². The van der Waals surface area contributed by atoms with Crippen molar-refractivity contribution in [3.05, 3.63) is 34.8 Å². The third-order valence-corrected chi connectivity index (χ3v) is 5.17. The van der Waals surface area contributed by atoms with Crippen molar-refractivity contribution >= 4 is 34.1 Å². The number of ether oxygens (including phenoxy) is 2. The quantitative estimate of drug-likeness (QED) is 0.690. The smallest absolute Gasteiger partial charge is 0.226 e. The molecular weight excluding hydrogens is 356 g/mol. The molecule has 1 aromatic carbocycles. The van der Waals surface area contributed by atoms with E-state index in [9.17, 15) is 4.79 Å². The highest BCUT2D eigenvalue weighted by atomic mass is 32.2. The lowest BCUT2D eigenvalue weighted by molar-refractivity contribution is -0.116. The first-order valence-corrected chi connectivity index (χ1v) is 10.1. The molecule has 7 heteroatoms. The Morgan fingerprint density at radius 1 is 1.20 bits per heavy atom. The average Bonchev–Trinajstić information content (AvgIpc) is 3.00. The number of benzene rings is 1. The van der Waals surface area contributed by atoms with E-state index < -0.39 is 0 Å². The summed E-state index contributed by atoms with van der Waals surface area (Å²) in [6, 6.07) is 5.88. The zero-order valence-electron chi connectivity index (χ0n) is 15.0. The van der Waals surface area contributed by atoms with Crippen LogP contribution in [0.1, 0.15) is 31.5 Å². The average molecular weight is 381 g/mol. The van der Waals surface area contributed by atoms with E-state index in [1.165, 1.54) is 11.3 Å². The van der Waals surface area contributed by atoms with Crippen LogP contribution in [-0.2, 0) is 16.3 Å². The van der Waals surface area contributed by atoms with E-state index in [1.807, 2.05) is 37.4 Å². The third-order valence-electron chi connectivity index (χ3n) is 3.32. The second-order valence-electron chi connectivity index (χ2n) is 6.00. The fourth-order valence-corrected chi connectivity index (χ4v) is 3.89. The Morgan fingerprint density at radius 2 is 1.88 bits per heavy atom. The molecule has 0 saturated carbocycles. The Morgan fingerprint density at radius 3 is 2.48 bits per heavy atom. The zero-order chi connectivity index (χ0) is 18.2. The number of thioether (sulfide) groups is 1. The molecule has 0 spiro atoms. The second-order valence-corrected chi connectivity index (χ2v) is 7.85. The van der Waals surface area contributed by atoms with E-state index in [0.29, 0.717) is 17.5 Å². The Labute approximate surface area is 157 Å². The van der Waals surface area contributed by atoms with Crippen molar-refractivity contribution in [2.75, 3.05) is 19.5 Å². The minimum absolute atomic E-state index is 0.0204. The maximum absolute atomic E-state index is 11.8. The van der Waals surface area contributed by atoms with Crippen molar-refractivity contribution in [1.29, 1.82) is 0 Å². The molecule has 0 bridgehead atoms. The number of nitrogens with zero attached hydrogens (tertiary/aromatic N) is 1. The first-order chi connectivity index (χ1) is 12.0. The van der Waals surface area contributed by atoms with Crippen LogP contribution < -0.4 is 14.8 Å². The van der Waals surface area contributed by atoms with Crippen molar-refractivity contribution in [1.82, 2.24) is 4.98 Å². The number of amides is 1. The van der Waals surface area contributed by atoms with E-state index in [-0.39, 0.29) is 5.91 Å². The van der Waals surface area contributed by atoms with Gasteiger partial charge in [0.15, 0.2) is 5.13 Å². The molecule has 1 N–H and O–H groups in total. The number of methoxy groups -OCH3 is 2. The van der Waals surface area contributed by atoms with Crippen molar-refractivity contribution in [3.63, 3.8) is 0 Å². The topological polar surface area (TPSA) is 60.5 Å². The van der Waals surface area contributed by atoms with Crippen molar-refractivity contribution in [2.24, 2.45) is 5.92 Å². The van der Waals surface area contributed by atoms with E-state index in [2.05, 4.69) is 10.3 Å². The van der Waals surface area contributed by atoms with Gasteiger partial charge < -0.3 is 14.8 Å². The Hall–Kier alpha value is -1.73. The van der Waals surface area contributed by atoms with Crippen LogP contribution in [-0.4, -0.2) is 25.1 Å². The van der Waals surface area contributed by atoms with Crippen molar-refractivity contribution in [2.45, 2.75) is 31.8 Å². The summed E-state index contributed by atoms with van der Waals surface area (Å²) in [4.78, 5) is 16.3. The molecule has 25 heavy (non-hydrogen) atoms. The summed E-state index contributed by atoms with van der Waals surface area (Å²) in [6.45, 7) is 4.05. The fraction of sp³-hybridized carbons (Fsp3) is 0.444. The predicted octanol–water partition coefficient (Wildman–Crippen LogP) is 4.58. The normalized spacial score (nSPS) is 10.8. The molecule has 0 aliphatic heterocycles. The van der Waals surface area contributed by atoms with Crippen molar-refractivity contribution < 1.29 is 14.3 Å². The number of carbonyl (C=O) groups excluding carboxylic acids is 1. The van der Waals surface area contributed by atoms with E-state index in [4.69, 9.17) is 9.47 Å². The molecule has 0 fully saturated rings. The highest BCUT2D eigenvalue weighted by molar-refractivity contribution is 7.97. The summed E-state index contributed by atoms with van der Waals surface area (Å²) >= 11 is 3.23. The molecular formula is C18H24N2O3S2. The molecule has 0 unspecified atom stereocenters. The molecule has 0 aliphatic rings. The first-order valence-electron chi connectivity index (χ1n) is 8.04. The SMILES string of the molecule is COc1cc(CSCc2csc(NC(=O)CC(C)C)n2)cc(OC)c1. The number of hydrogen-bond acceptors (Lipinski definition) is 6. The van der Waals surface area contributed by atoms with Crippen LogP contribution in [0.4, 0.5) is 5.13 Å². The number of rotatable bonds is 9. The maximum atomic E-state index is 11.8. The highest BCUT2D eigenvalue weighted by Gasteiger charge is 2.09. The van der Waals surface area contributed by atoms with Gasteiger partial charge >= 0.3 is 0 Å². The number of aromatic nitrogens is 1. The fourth-order valence-electron chi connectivity index (χ4n) is 2.19. The monoisotopic (exact) mass is 380 g/mol. The summed E-state index contributed by atoms with van der Waals surface area (Å²) < 4.78 is 10.6. The predicted molar refractivity (Wildman–Crippen MR) is 105 cm³/mol. The molecule has 1 amide bonds. The third kappa shape index (κ3) is 6.59. The van der Waals surface area contributed by atoms with Crippen LogP contribution >= 0.6 is 23.1 Å². The Bertz CT molecular complexity index is 679. The van der Waals surface area contributed by atoms with Crippen LogP contribution in [0, 0.1) is 5.92 Å². The van der Waals surface area contributed by atoms with Gasteiger partial charge in [-0.3, -0.25) is 4.79 Å². The summed E-state index contributed by atoms with van der Waals surface area (Å²) in [7, 11) is 3.30. The minimum atomic E-state index is 0.0204. The lowest BCUT2D eigenvalue weighted by atomic mass is 10.1. The lowest BCUT2D eigenvalue weighted by Crippen LogP contribution is -2.13. The molecule has 1 aromatic heterocycles. The number of nitrogens with one attached hydrogen (secondary N) is 1. The first kappa shape index (κ1) is 19.6. The molecule has 0 radical (unpaired) electrons. The van der Waals surface area contributed by atoms with Gasteiger partial charge in [0.2, 0.25) is 5.91 Å². The molecule has 1 heterocycles. The number of thiazole rings is 1. The Balaban J connectivity index is 1.85. The largest absolute Gasteiger partial charge is 0.497 e. The summed E-state index contributed by atoms with van der Waals surface area (Å²) in [5, 5.41) is 5.52. The van der Waals surface area contributed by atoms with Gasteiger partial charge in [0, 0.05) is 29.4 Å². The van der Waals surface area contributed by atoms with Gasteiger partial charge in [0.1, 0.15) is 11.5 Å². The maximum Gasteiger partial charge on any atom is 0.226 e. The number of anilines is 1. The van der Waals surface area contributed by atoms with Crippen LogP contribution in [0.2, 0.25) is 0 Å². The standard InChI is InChI=1S/C18H24N2O3S2/c1-12(2)5-17(21)20-18-19-14(11-25-18)10-24-9-13-6-15(22-3)8-16(7-13)23-4/h6-8,11-12H,5,9-10H2,1-4H3,(H,19,20,21). The molecule has 5 nitrogen and oxygen atoms in total. The van der Waals surface area contributed by atoms with Gasteiger partial charge in [-0.05, 0) is 23.6 Å². The number of carbonyl (C=O) groups is 1.